The Morgan fingerprint density at radius 2 is 2.00 bits per heavy atom. The largest absolute Gasteiger partial charge is 0.481 e. The van der Waals surface area contributed by atoms with Crippen molar-refractivity contribution in [1.29, 1.82) is 0 Å². The lowest BCUT2D eigenvalue weighted by atomic mass is 10.5. The Hall–Kier alpha value is -0.790. The molecule has 0 saturated heterocycles. The van der Waals surface area contributed by atoms with Crippen LogP contribution in [0.4, 0.5) is 0 Å². The maximum absolute atomic E-state index is 9.00. The van der Waals surface area contributed by atoms with E-state index in [1.54, 1.807) is 0 Å². The van der Waals surface area contributed by atoms with Gasteiger partial charge in [-0.1, -0.05) is 13.0 Å². The second-order valence-corrected chi connectivity index (χ2v) is 1.22. The minimum Gasteiger partial charge on any atom is -0.481 e. The molecule has 0 rings (SSSR count). The van der Waals surface area contributed by atoms with Crippen LogP contribution in [0, 0.1) is 0 Å². The van der Waals surface area contributed by atoms with Crippen molar-refractivity contribution >= 4 is 5.97 Å². The van der Waals surface area contributed by atoms with Crippen LogP contribution >= 0.6 is 0 Å². The normalized spacial score (nSPS) is 6.25. The van der Waals surface area contributed by atoms with Gasteiger partial charge in [0.1, 0.15) is 0 Å². The Morgan fingerprint density at radius 1 is 1.88 bits per heavy atom. The van der Waals surface area contributed by atoms with Crippen LogP contribution in [0.3, 0.4) is 0 Å². The van der Waals surface area contributed by atoms with Gasteiger partial charge >= 0.3 is 0 Å². The fraction of sp³-hybridized carbons (Fsp3) is 0.500. The summed E-state index contributed by atoms with van der Waals surface area (Å²) in [6.45, 7) is 6.62. The third-order valence-corrected chi connectivity index (χ3v) is 0.289. The maximum Gasteiger partial charge on any atom is 0.300 e. The molecule has 0 heterocycles. The zero-order chi connectivity index (χ0) is 6.99. The van der Waals surface area contributed by atoms with Gasteiger partial charge in [0.2, 0.25) is 0 Å². The van der Waals surface area contributed by atoms with E-state index in [0.717, 1.165) is 13.3 Å². The van der Waals surface area contributed by atoms with Crippen molar-refractivity contribution in [2.75, 3.05) is 0 Å². The lowest BCUT2D eigenvalue weighted by molar-refractivity contribution is -0.134. The van der Waals surface area contributed by atoms with E-state index in [9.17, 15) is 0 Å². The smallest absolute Gasteiger partial charge is 0.300 e. The topological polar surface area (TPSA) is 37.3 Å². The summed E-state index contributed by atoms with van der Waals surface area (Å²) in [6.07, 6.45) is 2.96. The van der Waals surface area contributed by atoms with Gasteiger partial charge in [-0.2, -0.15) is 0 Å². The van der Waals surface area contributed by atoms with Crippen LogP contribution in [0.15, 0.2) is 12.7 Å². The number of carboxylic acids is 1. The van der Waals surface area contributed by atoms with E-state index in [4.69, 9.17) is 9.90 Å². The van der Waals surface area contributed by atoms with Crippen LogP contribution in [0.25, 0.3) is 0 Å². The first kappa shape index (κ1) is 10.2. The predicted molar refractivity (Wildman–Crippen MR) is 33.8 cm³/mol. The van der Waals surface area contributed by atoms with Gasteiger partial charge in [0.05, 0.1) is 0 Å². The molecule has 0 atom stereocenters. The fourth-order valence-corrected chi connectivity index (χ4v) is 0. The maximum atomic E-state index is 9.00. The van der Waals surface area contributed by atoms with Gasteiger partial charge in [0.15, 0.2) is 0 Å². The highest BCUT2D eigenvalue weighted by Gasteiger charge is 1.65. The van der Waals surface area contributed by atoms with E-state index in [1.165, 1.54) is 0 Å². The van der Waals surface area contributed by atoms with Crippen LogP contribution in [0.2, 0.25) is 0 Å². The van der Waals surface area contributed by atoms with Crippen LogP contribution < -0.4 is 0 Å². The molecule has 0 aromatic carbocycles. The standard InChI is InChI=1S/C4H8.C2H4O2/c1-3-4-2;1-2(3)4/h3H,1,4H2,2H3;1H3,(H,3,4). The van der Waals surface area contributed by atoms with Gasteiger partial charge in [-0.05, 0) is 6.42 Å². The number of aliphatic carboxylic acids is 1. The summed E-state index contributed by atoms with van der Waals surface area (Å²) in [5.41, 5.74) is 0. The Balaban J connectivity index is 0. The molecule has 0 aromatic heterocycles. The SMILES string of the molecule is C=CCC.CC(=O)O. The molecule has 2 heteroatoms. The molecular formula is C6H12O2. The van der Waals surface area contributed by atoms with E-state index in [1.807, 2.05) is 6.08 Å². The zero-order valence-corrected chi connectivity index (χ0v) is 5.35. The average Bonchev–Trinajstić information content (AvgIpc) is 1.65. The monoisotopic (exact) mass is 116 g/mol. The summed E-state index contributed by atoms with van der Waals surface area (Å²) in [4.78, 5) is 9.00. The summed E-state index contributed by atoms with van der Waals surface area (Å²) >= 11 is 0. The van der Waals surface area contributed by atoms with Crippen molar-refractivity contribution in [2.24, 2.45) is 0 Å². The van der Waals surface area contributed by atoms with Gasteiger partial charge < -0.3 is 5.11 Å². The molecule has 0 aliphatic carbocycles. The van der Waals surface area contributed by atoms with Crippen LogP contribution in [-0.2, 0) is 4.79 Å². The number of carboxylic acid groups (broad SMARTS) is 1. The average molecular weight is 116 g/mol. The molecular weight excluding hydrogens is 104 g/mol. The first-order valence-corrected chi connectivity index (χ1v) is 2.45. The zero-order valence-electron chi connectivity index (χ0n) is 5.35. The molecule has 0 amide bonds. The Labute approximate surface area is 49.8 Å². The molecule has 8 heavy (non-hydrogen) atoms. The first-order chi connectivity index (χ1) is 3.65. The van der Waals surface area contributed by atoms with Crippen LogP contribution in [0.1, 0.15) is 20.3 Å². The minimum atomic E-state index is -0.833. The number of hydrogen-bond acceptors (Lipinski definition) is 1. The Morgan fingerprint density at radius 3 is 2.00 bits per heavy atom. The second kappa shape index (κ2) is 9.51. The lowest BCUT2D eigenvalue weighted by Gasteiger charge is -1.59. The summed E-state index contributed by atoms with van der Waals surface area (Å²) in [7, 11) is 0. The van der Waals surface area contributed by atoms with Crippen LogP contribution in [0.5, 0.6) is 0 Å². The van der Waals surface area contributed by atoms with Crippen molar-refractivity contribution in [1.82, 2.24) is 0 Å². The predicted octanol–water partition coefficient (Wildman–Crippen LogP) is 1.67. The third kappa shape index (κ3) is 2090. The van der Waals surface area contributed by atoms with Crippen molar-refractivity contribution in [3.05, 3.63) is 12.7 Å². The molecule has 0 aromatic rings. The Kier molecular flexibility index (Phi) is 12.2. The third-order valence-electron chi connectivity index (χ3n) is 0.289. The van der Waals surface area contributed by atoms with E-state index in [0.29, 0.717) is 0 Å². The van der Waals surface area contributed by atoms with Gasteiger partial charge in [-0.3, -0.25) is 4.79 Å². The number of allylic oxidation sites excluding steroid dienone is 1. The molecule has 0 aliphatic heterocycles. The Bertz CT molecular complexity index is 62.9. The number of carbonyl (C=O) groups is 1. The van der Waals surface area contributed by atoms with Gasteiger partial charge in [0, 0.05) is 6.92 Å². The highest BCUT2D eigenvalue weighted by atomic mass is 16.4. The van der Waals surface area contributed by atoms with E-state index in [2.05, 4.69) is 13.5 Å². The molecule has 0 aliphatic rings. The van der Waals surface area contributed by atoms with E-state index >= 15 is 0 Å². The van der Waals surface area contributed by atoms with E-state index < -0.39 is 5.97 Å². The fourth-order valence-electron chi connectivity index (χ4n) is 0. The van der Waals surface area contributed by atoms with Crippen molar-refractivity contribution in [2.45, 2.75) is 20.3 Å². The molecule has 0 unspecified atom stereocenters. The summed E-state index contributed by atoms with van der Waals surface area (Å²) < 4.78 is 0. The number of hydrogen-bond donors (Lipinski definition) is 1. The number of rotatable bonds is 1. The molecule has 0 saturated carbocycles. The van der Waals surface area contributed by atoms with E-state index in [-0.39, 0.29) is 0 Å². The van der Waals surface area contributed by atoms with Gasteiger partial charge in [0.25, 0.3) is 5.97 Å². The van der Waals surface area contributed by atoms with Crippen molar-refractivity contribution in [3.8, 4) is 0 Å². The van der Waals surface area contributed by atoms with Crippen LogP contribution in [-0.4, -0.2) is 11.1 Å². The summed E-state index contributed by atoms with van der Waals surface area (Å²) in [5, 5.41) is 7.42. The van der Waals surface area contributed by atoms with Gasteiger partial charge in [-0.25, -0.2) is 0 Å². The highest BCUT2D eigenvalue weighted by molar-refractivity contribution is 5.62. The van der Waals surface area contributed by atoms with Crippen molar-refractivity contribution in [3.63, 3.8) is 0 Å². The molecule has 0 spiro atoms. The lowest BCUT2D eigenvalue weighted by Crippen LogP contribution is -1.78. The molecule has 2 nitrogen and oxygen atoms in total. The summed E-state index contributed by atoms with van der Waals surface area (Å²) in [5.74, 6) is -0.833. The second-order valence-electron chi connectivity index (χ2n) is 1.22. The van der Waals surface area contributed by atoms with Crippen molar-refractivity contribution < 1.29 is 9.90 Å². The van der Waals surface area contributed by atoms with Gasteiger partial charge in [-0.15, -0.1) is 6.58 Å². The molecule has 48 valence electrons. The quantitative estimate of drug-likeness (QED) is 0.529. The first-order valence-electron chi connectivity index (χ1n) is 2.45. The minimum absolute atomic E-state index is 0.833. The molecule has 0 bridgehead atoms. The molecule has 0 fully saturated rings. The summed E-state index contributed by atoms with van der Waals surface area (Å²) in [6, 6.07) is 0. The molecule has 1 N–H and O–H groups in total. The highest BCUT2D eigenvalue weighted by Crippen LogP contribution is 1.66. The molecule has 0 radical (unpaired) electrons.